The highest BCUT2D eigenvalue weighted by molar-refractivity contribution is 14.1. The van der Waals surface area contributed by atoms with Crippen LogP contribution in [0.25, 0.3) is 0 Å². The second kappa shape index (κ2) is 5.53. The predicted molar refractivity (Wildman–Crippen MR) is 88.1 cm³/mol. The van der Waals surface area contributed by atoms with Gasteiger partial charge in [0, 0.05) is 0 Å². The minimum absolute atomic E-state index is 0.317. The zero-order valence-corrected chi connectivity index (χ0v) is 13.7. The van der Waals surface area contributed by atoms with E-state index in [9.17, 15) is 14.4 Å². The number of amides is 2. The summed E-state index contributed by atoms with van der Waals surface area (Å²) in [6, 6.07) is 11.5. The molecule has 0 saturated heterocycles. The van der Waals surface area contributed by atoms with E-state index in [4.69, 9.17) is 4.74 Å². The minimum Gasteiger partial charge on any atom is -0.465 e. The fraction of sp³-hybridized carbons (Fsp3) is 0.0625. The van der Waals surface area contributed by atoms with E-state index in [1.54, 1.807) is 42.5 Å². The van der Waals surface area contributed by atoms with E-state index in [0.717, 1.165) is 4.90 Å². The zero-order chi connectivity index (χ0) is 15.9. The number of rotatable bonds is 2. The van der Waals surface area contributed by atoms with E-state index >= 15 is 0 Å². The molecule has 0 saturated carbocycles. The number of ether oxygens (including phenoxy) is 1. The maximum Gasteiger partial charge on any atom is 0.339 e. The monoisotopic (exact) mass is 407 g/mol. The van der Waals surface area contributed by atoms with Gasteiger partial charge < -0.3 is 4.74 Å². The molecule has 2 aromatic rings. The summed E-state index contributed by atoms with van der Waals surface area (Å²) in [6.45, 7) is 0. The molecule has 2 aromatic carbocycles. The van der Waals surface area contributed by atoms with Crippen LogP contribution in [-0.2, 0) is 4.74 Å². The fourth-order valence-electron chi connectivity index (χ4n) is 2.37. The standard InChI is InChI=1S/C16H10INO4/c1-22-16(21)11-7-4-8-12(13(11)17)18-14(19)9-5-2-3-6-10(9)15(18)20/h2-8H,1H3. The first-order valence-electron chi connectivity index (χ1n) is 6.41. The van der Waals surface area contributed by atoms with Gasteiger partial charge in [-0.2, -0.15) is 0 Å². The third-order valence-corrected chi connectivity index (χ3v) is 4.55. The molecule has 1 aliphatic heterocycles. The maximum absolute atomic E-state index is 12.5. The molecule has 2 amide bonds. The number of benzene rings is 2. The molecule has 0 unspecified atom stereocenters. The number of fused-ring (bicyclic) bond motifs is 1. The molecule has 1 heterocycles. The quantitative estimate of drug-likeness (QED) is 0.437. The van der Waals surface area contributed by atoms with Crippen LogP contribution in [0.1, 0.15) is 31.1 Å². The number of methoxy groups -OCH3 is 1. The van der Waals surface area contributed by atoms with Gasteiger partial charge in [-0.3, -0.25) is 9.59 Å². The summed E-state index contributed by atoms with van der Waals surface area (Å²) in [7, 11) is 1.28. The Morgan fingerprint density at radius 1 is 1.00 bits per heavy atom. The molecule has 22 heavy (non-hydrogen) atoms. The van der Waals surface area contributed by atoms with Crippen LogP contribution in [-0.4, -0.2) is 24.9 Å². The lowest BCUT2D eigenvalue weighted by atomic mass is 10.1. The van der Waals surface area contributed by atoms with Crippen molar-refractivity contribution >= 4 is 46.1 Å². The number of nitrogens with zero attached hydrogens (tertiary/aromatic N) is 1. The molecule has 0 N–H and O–H groups in total. The molecule has 3 rings (SSSR count). The second-order valence-corrected chi connectivity index (χ2v) is 5.70. The van der Waals surface area contributed by atoms with E-state index < -0.39 is 5.97 Å². The molecule has 0 aliphatic carbocycles. The average molecular weight is 407 g/mol. The van der Waals surface area contributed by atoms with Gasteiger partial charge in [-0.1, -0.05) is 18.2 Å². The molecule has 0 fully saturated rings. The normalized spacial score (nSPS) is 13.3. The lowest BCUT2D eigenvalue weighted by Gasteiger charge is -2.17. The zero-order valence-electron chi connectivity index (χ0n) is 11.5. The third kappa shape index (κ3) is 2.10. The minimum atomic E-state index is -0.511. The van der Waals surface area contributed by atoms with Crippen molar-refractivity contribution in [1.82, 2.24) is 0 Å². The summed E-state index contributed by atoms with van der Waals surface area (Å²) >= 11 is 1.94. The van der Waals surface area contributed by atoms with Crippen LogP contribution in [0.5, 0.6) is 0 Å². The van der Waals surface area contributed by atoms with E-state index in [2.05, 4.69) is 0 Å². The topological polar surface area (TPSA) is 63.7 Å². The molecule has 110 valence electrons. The highest BCUT2D eigenvalue weighted by atomic mass is 127. The molecule has 0 bridgehead atoms. The van der Waals surface area contributed by atoms with Crippen LogP contribution in [0.15, 0.2) is 42.5 Å². The van der Waals surface area contributed by atoms with Crippen LogP contribution in [0.3, 0.4) is 0 Å². The fourth-order valence-corrected chi connectivity index (χ4v) is 3.19. The lowest BCUT2D eigenvalue weighted by molar-refractivity contribution is 0.0598. The first-order valence-corrected chi connectivity index (χ1v) is 7.48. The largest absolute Gasteiger partial charge is 0.465 e. The van der Waals surface area contributed by atoms with Gasteiger partial charge >= 0.3 is 5.97 Å². The Kier molecular flexibility index (Phi) is 3.69. The molecule has 0 radical (unpaired) electrons. The molecule has 6 heteroatoms. The number of hydrogen-bond acceptors (Lipinski definition) is 4. The lowest BCUT2D eigenvalue weighted by Crippen LogP contribution is -2.30. The van der Waals surface area contributed by atoms with Gasteiger partial charge in [-0.25, -0.2) is 9.69 Å². The average Bonchev–Trinajstić information content (AvgIpc) is 2.79. The van der Waals surface area contributed by atoms with Crippen LogP contribution < -0.4 is 4.90 Å². The Hall–Kier alpha value is -2.22. The van der Waals surface area contributed by atoms with E-state index in [1.807, 2.05) is 22.6 Å². The molecule has 0 aromatic heterocycles. The van der Waals surface area contributed by atoms with Crippen molar-refractivity contribution in [2.45, 2.75) is 0 Å². The van der Waals surface area contributed by atoms with Crippen LogP contribution in [0, 0.1) is 3.57 Å². The summed E-state index contributed by atoms with van der Waals surface area (Å²) < 4.78 is 5.22. The Bertz CT molecular complexity index is 781. The van der Waals surface area contributed by atoms with Crippen molar-refractivity contribution in [3.05, 3.63) is 62.7 Å². The Morgan fingerprint density at radius 2 is 1.59 bits per heavy atom. The summed E-state index contributed by atoms with van der Waals surface area (Å²) in [5, 5.41) is 0. The van der Waals surface area contributed by atoms with Crippen molar-refractivity contribution in [3.8, 4) is 0 Å². The van der Waals surface area contributed by atoms with Crippen molar-refractivity contribution in [1.29, 1.82) is 0 Å². The number of imide groups is 1. The number of anilines is 1. The van der Waals surface area contributed by atoms with E-state index in [1.165, 1.54) is 7.11 Å². The number of carbonyl (C=O) groups excluding carboxylic acids is 3. The van der Waals surface area contributed by atoms with Crippen molar-refractivity contribution in [2.75, 3.05) is 12.0 Å². The number of carbonyl (C=O) groups is 3. The smallest absolute Gasteiger partial charge is 0.339 e. The van der Waals surface area contributed by atoms with Gasteiger partial charge in [-0.05, 0) is 46.9 Å². The summed E-state index contributed by atoms with van der Waals surface area (Å²) in [4.78, 5) is 37.9. The van der Waals surface area contributed by atoms with Crippen molar-refractivity contribution in [2.24, 2.45) is 0 Å². The van der Waals surface area contributed by atoms with Crippen LogP contribution in [0.4, 0.5) is 5.69 Å². The van der Waals surface area contributed by atoms with Gasteiger partial charge in [0.15, 0.2) is 0 Å². The van der Waals surface area contributed by atoms with Gasteiger partial charge in [0.2, 0.25) is 0 Å². The second-order valence-electron chi connectivity index (χ2n) is 4.62. The van der Waals surface area contributed by atoms with Gasteiger partial charge in [0.1, 0.15) is 0 Å². The van der Waals surface area contributed by atoms with E-state index in [-0.39, 0.29) is 11.8 Å². The van der Waals surface area contributed by atoms with Crippen LogP contribution >= 0.6 is 22.6 Å². The maximum atomic E-state index is 12.5. The van der Waals surface area contributed by atoms with Crippen LogP contribution in [0.2, 0.25) is 0 Å². The Balaban J connectivity index is 2.13. The van der Waals surface area contributed by atoms with Gasteiger partial charge in [0.25, 0.3) is 11.8 Å². The van der Waals surface area contributed by atoms with Crippen molar-refractivity contribution in [3.63, 3.8) is 0 Å². The number of halogens is 1. The first kappa shape index (κ1) is 14.7. The van der Waals surface area contributed by atoms with Gasteiger partial charge in [-0.15, -0.1) is 0 Å². The third-order valence-electron chi connectivity index (χ3n) is 3.42. The highest BCUT2D eigenvalue weighted by Gasteiger charge is 2.37. The highest BCUT2D eigenvalue weighted by Crippen LogP contribution is 2.33. The molecular formula is C16H10INO4. The Labute approximate surface area is 140 Å². The SMILES string of the molecule is COC(=O)c1cccc(N2C(=O)c3ccccc3C2=O)c1I. The number of esters is 1. The molecular weight excluding hydrogens is 397 g/mol. The molecule has 0 spiro atoms. The Morgan fingerprint density at radius 3 is 2.14 bits per heavy atom. The van der Waals surface area contributed by atoms with Crippen molar-refractivity contribution < 1.29 is 19.1 Å². The summed E-state index contributed by atoms with van der Waals surface area (Å²) in [5.74, 6) is -1.29. The first-order chi connectivity index (χ1) is 10.6. The summed E-state index contributed by atoms with van der Waals surface area (Å²) in [5.41, 5.74) is 1.44. The van der Waals surface area contributed by atoms with Gasteiger partial charge in [0.05, 0.1) is 33.1 Å². The summed E-state index contributed by atoms with van der Waals surface area (Å²) in [6.07, 6.45) is 0. The predicted octanol–water partition coefficient (Wildman–Crippen LogP) is 2.88. The molecule has 1 aliphatic rings. The molecule has 0 atom stereocenters. The molecule has 5 nitrogen and oxygen atoms in total. The number of hydrogen-bond donors (Lipinski definition) is 0. The van der Waals surface area contributed by atoms with E-state index in [0.29, 0.717) is 25.9 Å².